The molecule has 1 heterocycles. The lowest BCUT2D eigenvalue weighted by Gasteiger charge is -2.32. The molecule has 0 bridgehead atoms. The van der Waals surface area contributed by atoms with Crippen LogP contribution in [0.5, 0.6) is 5.75 Å². The molecule has 0 amide bonds. The van der Waals surface area contributed by atoms with Crippen molar-refractivity contribution in [2.75, 3.05) is 19.4 Å². The first-order chi connectivity index (χ1) is 8.38. The molecule has 2 nitrogen and oxygen atoms in total. The molecule has 0 spiro atoms. The summed E-state index contributed by atoms with van der Waals surface area (Å²) in [4.78, 5) is 0. The van der Waals surface area contributed by atoms with Gasteiger partial charge in [-0.25, -0.2) is 0 Å². The summed E-state index contributed by atoms with van der Waals surface area (Å²) in [5.41, 5.74) is 2.97. The lowest BCUT2D eigenvalue weighted by molar-refractivity contribution is 0.410. The molecule has 1 aromatic carbocycles. The van der Waals surface area contributed by atoms with Crippen LogP contribution in [0, 0.1) is 0 Å². The minimum atomic E-state index is 0.529. The molecule has 0 aromatic heterocycles. The molecule has 1 saturated heterocycles. The van der Waals surface area contributed by atoms with Crippen LogP contribution in [0.4, 0.5) is 0 Å². The van der Waals surface area contributed by atoms with Gasteiger partial charge in [0.2, 0.25) is 0 Å². The van der Waals surface area contributed by atoms with Crippen molar-refractivity contribution >= 4 is 11.8 Å². The molecule has 1 aliphatic carbocycles. The van der Waals surface area contributed by atoms with Crippen molar-refractivity contribution < 1.29 is 4.74 Å². The highest BCUT2D eigenvalue weighted by Crippen LogP contribution is 2.39. The van der Waals surface area contributed by atoms with Crippen LogP contribution in [0.3, 0.4) is 0 Å². The van der Waals surface area contributed by atoms with E-state index in [-0.39, 0.29) is 0 Å². The number of fused-ring (bicyclic) bond motifs is 3. The van der Waals surface area contributed by atoms with Gasteiger partial charge in [0.25, 0.3) is 0 Å². The second-order valence-electron chi connectivity index (χ2n) is 4.80. The summed E-state index contributed by atoms with van der Waals surface area (Å²) < 4.78 is 5.36. The molecule has 2 unspecified atom stereocenters. The van der Waals surface area contributed by atoms with Crippen molar-refractivity contribution in [3.63, 3.8) is 0 Å². The monoisotopic (exact) mass is 249 g/mol. The predicted molar refractivity (Wildman–Crippen MR) is 72.9 cm³/mol. The van der Waals surface area contributed by atoms with E-state index in [4.69, 9.17) is 4.74 Å². The van der Waals surface area contributed by atoms with E-state index in [0.29, 0.717) is 6.04 Å². The second-order valence-corrected chi connectivity index (χ2v) is 6.15. The number of thioether (sulfide) groups is 1. The van der Waals surface area contributed by atoms with Crippen LogP contribution >= 0.6 is 11.8 Å². The molecule has 1 aliphatic heterocycles. The van der Waals surface area contributed by atoms with E-state index in [9.17, 15) is 0 Å². The third-order valence-corrected chi connectivity index (χ3v) is 5.24. The average Bonchev–Trinajstić information content (AvgIpc) is 2.63. The zero-order chi connectivity index (χ0) is 11.7. The Labute approximate surface area is 107 Å². The van der Waals surface area contributed by atoms with Crippen molar-refractivity contribution in [2.45, 2.75) is 30.6 Å². The first-order valence-corrected chi connectivity index (χ1v) is 7.45. The highest BCUT2D eigenvalue weighted by Gasteiger charge is 2.30. The van der Waals surface area contributed by atoms with Crippen molar-refractivity contribution in [3.05, 3.63) is 29.3 Å². The maximum atomic E-state index is 5.36. The Hall–Kier alpha value is -0.670. The number of aryl methyl sites for hydroxylation is 1. The number of nitrogens with one attached hydrogen (secondary N) is 1. The molecule has 1 aromatic rings. The maximum absolute atomic E-state index is 5.36. The maximum Gasteiger partial charge on any atom is 0.119 e. The molecule has 2 aliphatic rings. The Morgan fingerprint density at radius 1 is 1.41 bits per heavy atom. The first kappa shape index (κ1) is 11.4. The van der Waals surface area contributed by atoms with Gasteiger partial charge in [-0.3, -0.25) is 0 Å². The number of benzene rings is 1. The molecule has 1 N–H and O–H groups in total. The summed E-state index contributed by atoms with van der Waals surface area (Å²) in [6.07, 6.45) is 3.81. The molecule has 3 heteroatoms. The highest BCUT2D eigenvalue weighted by atomic mass is 32.2. The minimum absolute atomic E-state index is 0.529. The molecule has 1 fully saturated rings. The SMILES string of the molecule is COc1ccc2c(c1)C1NCCCSC1CC2. The molecular formula is C14H19NOS. The molecule has 0 radical (unpaired) electrons. The van der Waals surface area contributed by atoms with E-state index in [2.05, 4.69) is 35.3 Å². The van der Waals surface area contributed by atoms with Crippen molar-refractivity contribution in [3.8, 4) is 5.75 Å². The minimum Gasteiger partial charge on any atom is -0.497 e. The van der Waals surface area contributed by atoms with Crippen LogP contribution in [0.25, 0.3) is 0 Å². The Balaban J connectivity index is 1.96. The summed E-state index contributed by atoms with van der Waals surface area (Å²) in [6.45, 7) is 1.14. The van der Waals surface area contributed by atoms with Gasteiger partial charge in [0.1, 0.15) is 5.75 Å². The van der Waals surface area contributed by atoms with Crippen LogP contribution in [0.2, 0.25) is 0 Å². The quantitative estimate of drug-likeness (QED) is 0.827. The molecule has 2 atom stereocenters. The summed E-state index contributed by atoms with van der Waals surface area (Å²) in [6, 6.07) is 7.08. The molecular weight excluding hydrogens is 230 g/mol. The highest BCUT2D eigenvalue weighted by molar-refractivity contribution is 7.99. The van der Waals surface area contributed by atoms with Gasteiger partial charge >= 0.3 is 0 Å². The van der Waals surface area contributed by atoms with Gasteiger partial charge in [-0.1, -0.05) is 6.07 Å². The largest absolute Gasteiger partial charge is 0.497 e. The predicted octanol–water partition coefficient (Wildman–Crippen LogP) is 2.78. The number of hydrogen-bond acceptors (Lipinski definition) is 3. The zero-order valence-electron chi connectivity index (χ0n) is 10.2. The standard InChI is InChI=1S/C14H19NOS/c1-16-11-5-3-10-4-6-13-14(12(10)9-11)15-7-2-8-17-13/h3,5,9,13-15H,2,4,6-8H2,1H3. The fourth-order valence-electron chi connectivity index (χ4n) is 2.87. The van der Waals surface area contributed by atoms with Crippen LogP contribution in [-0.2, 0) is 6.42 Å². The summed E-state index contributed by atoms with van der Waals surface area (Å²) in [7, 11) is 1.75. The average molecular weight is 249 g/mol. The van der Waals surface area contributed by atoms with Crippen molar-refractivity contribution in [2.24, 2.45) is 0 Å². The van der Waals surface area contributed by atoms with E-state index in [0.717, 1.165) is 17.5 Å². The fraction of sp³-hybridized carbons (Fsp3) is 0.571. The van der Waals surface area contributed by atoms with Crippen LogP contribution in [-0.4, -0.2) is 24.7 Å². The smallest absolute Gasteiger partial charge is 0.119 e. The van der Waals surface area contributed by atoms with Crippen LogP contribution in [0.1, 0.15) is 30.0 Å². The number of rotatable bonds is 1. The molecule has 92 valence electrons. The van der Waals surface area contributed by atoms with E-state index >= 15 is 0 Å². The van der Waals surface area contributed by atoms with Gasteiger partial charge in [-0.05, 0) is 54.8 Å². The summed E-state index contributed by atoms with van der Waals surface area (Å²) in [5.74, 6) is 2.29. The third kappa shape index (κ3) is 2.18. The molecule has 3 rings (SSSR count). The molecule has 17 heavy (non-hydrogen) atoms. The topological polar surface area (TPSA) is 21.3 Å². The normalized spacial score (nSPS) is 27.8. The zero-order valence-corrected chi connectivity index (χ0v) is 11.1. The number of methoxy groups -OCH3 is 1. The Morgan fingerprint density at radius 2 is 2.35 bits per heavy atom. The second kappa shape index (κ2) is 4.91. The van der Waals surface area contributed by atoms with Gasteiger partial charge in [0.15, 0.2) is 0 Å². The lowest BCUT2D eigenvalue weighted by atomic mass is 9.87. The first-order valence-electron chi connectivity index (χ1n) is 6.40. The van der Waals surface area contributed by atoms with Crippen LogP contribution in [0.15, 0.2) is 18.2 Å². The summed E-state index contributed by atoms with van der Waals surface area (Å²) in [5, 5.41) is 4.46. The number of ether oxygens (including phenoxy) is 1. The fourth-order valence-corrected chi connectivity index (χ4v) is 4.20. The van der Waals surface area contributed by atoms with Gasteiger partial charge in [-0.2, -0.15) is 11.8 Å². The van der Waals surface area contributed by atoms with Crippen molar-refractivity contribution in [1.29, 1.82) is 0 Å². The molecule has 0 saturated carbocycles. The van der Waals surface area contributed by atoms with E-state index in [1.54, 1.807) is 7.11 Å². The Kier molecular flexibility index (Phi) is 3.30. The van der Waals surface area contributed by atoms with E-state index in [1.165, 1.54) is 36.1 Å². The van der Waals surface area contributed by atoms with Gasteiger partial charge in [0.05, 0.1) is 7.11 Å². The van der Waals surface area contributed by atoms with Crippen molar-refractivity contribution in [1.82, 2.24) is 5.32 Å². The van der Waals surface area contributed by atoms with Gasteiger partial charge in [0, 0.05) is 11.3 Å². The third-order valence-electron chi connectivity index (χ3n) is 3.78. The van der Waals surface area contributed by atoms with Gasteiger partial charge < -0.3 is 10.1 Å². The number of hydrogen-bond donors (Lipinski definition) is 1. The van der Waals surface area contributed by atoms with Gasteiger partial charge in [-0.15, -0.1) is 0 Å². The van der Waals surface area contributed by atoms with E-state index in [1.807, 2.05) is 0 Å². The Morgan fingerprint density at radius 3 is 3.24 bits per heavy atom. The lowest BCUT2D eigenvalue weighted by Crippen LogP contribution is -2.33. The van der Waals surface area contributed by atoms with E-state index < -0.39 is 0 Å². The Bertz CT molecular complexity index is 407. The van der Waals surface area contributed by atoms with Crippen LogP contribution < -0.4 is 10.1 Å². The summed E-state index contributed by atoms with van der Waals surface area (Å²) >= 11 is 2.14.